The van der Waals surface area contributed by atoms with Gasteiger partial charge in [-0.05, 0) is 31.7 Å². The number of carbonyl (C=O) groups excluding carboxylic acids is 1. The van der Waals surface area contributed by atoms with Crippen LogP contribution in [0.1, 0.15) is 37.1 Å². The number of pyridine rings is 1. The second kappa shape index (κ2) is 10.2. The molecule has 1 amide bonds. The van der Waals surface area contributed by atoms with Crippen molar-refractivity contribution in [1.82, 2.24) is 29.2 Å². The predicted octanol–water partition coefficient (Wildman–Crippen LogP) is 1.41. The minimum Gasteiger partial charge on any atom is -0.480 e. The molecule has 2 saturated carbocycles. The number of aliphatic carboxylic acids is 1. The van der Waals surface area contributed by atoms with Crippen LogP contribution in [-0.2, 0) is 24.3 Å². The number of nitrogens with zero attached hydrogens (tertiary/aromatic N) is 7. The number of aromatic nitrogens is 4. The van der Waals surface area contributed by atoms with Crippen molar-refractivity contribution in [1.29, 1.82) is 5.26 Å². The van der Waals surface area contributed by atoms with Crippen molar-refractivity contribution in [3.8, 4) is 16.9 Å². The lowest BCUT2D eigenvalue weighted by Gasteiger charge is -2.38. The highest BCUT2D eigenvalue weighted by atomic mass is 32.2. The second-order valence-electron chi connectivity index (χ2n) is 10.4. The molecule has 18 heteroatoms. The number of rotatable bonds is 10. The number of anilines is 1. The third-order valence-corrected chi connectivity index (χ3v) is 9.92. The molecule has 0 aromatic carbocycles. The summed E-state index contributed by atoms with van der Waals surface area (Å²) in [5, 5.41) is 25.3. The summed E-state index contributed by atoms with van der Waals surface area (Å²) in [7, 11) is -4.18. The fraction of sp³-hybridized carbons (Fsp3) is 0.500. The summed E-state index contributed by atoms with van der Waals surface area (Å²) in [6, 6.07) is 3.45. The van der Waals surface area contributed by atoms with E-state index >= 15 is 0 Å². The van der Waals surface area contributed by atoms with Gasteiger partial charge in [-0.3, -0.25) is 9.20 Å². The Morgan fingerprint density at radius 1 is 1.19 bits per heavy atom. The molecule has 0 bridgehead atoms. The van der Waals surface area contributed by atoms with Crippen molar-refractivity contribution < 1.29 is 36.6 Å². The lowest BCUT2D eigenvalue weighted by molar-refractivity contribution is -0.155. The summed E-state index contributed by atoms with van der Waals surface area (Å²) in [6.07, 6.45) is 1.58. The van der Waals surface area contributed by atoms with Gasteiger partial charge in [-0.1, -0.05) is 11.3 Å². The first kappa shape index (κ1) is 28.3. The molecule has 3 fully saturated rings. The predicted molar refractivity (Wildman–Crippen MR) is 141 cm³/mol. The average molecular weight is 623 g/mol. The molecule has 0 spiro atoms. The maximum Gasteiger partial charge on any atom is 0.329 e. The highest BCUT2D eigenvalue weighted by molar-refractivity contribution is 7.89. The van der Waals surface area contributed by atoms with E-state index in [9.17, 15) is 32.0 Å². The summed E-state index contributed by atoms with van der Waals surface area (Å²) in [6.45, 7) is 0.591. The van der Waals surface area contributed by atoms with Gasteiger partial charge in [-0.15, -0.1) is 10.2 Å². The summed E-state index contributed by atoms with van der Waals surface area (Å²) < 4.78 is 62.5. The Morgan fingerprint density at radius 3 is 2.48 bits per heavy atom. The molecule has 2 N–H and O–H groups in total. The van der Waals surface area contributed by atoms with Crippen LogP contribution in [0.25, 0.3) is 16.3 Å². The molecule has 42 heavy (non-hydrogen) atoms. The van der Waals surface area contributed by atoms with E-state index in [-0.39, 0.29) is 34.7 Å². The first-order chi connectivity index (χ1) is 20.0. The van der Waals surface area contributed by atoms with Crippen LogP contribution in [0.2, 0.25) is 0 Å². The van der Waals surface area contributed by atoms with Gasteiger partial charge in [0.05, 0.1) is 23.5 Å². The van der Waals surface area contributed by atoms with E-state index in [4.69, 9.17) is 9.84 Å². The van der Waals surface area contributed by atoms with Gasteiger partial charge in [0.2, 0.25) is 10.0 Å². The topological polar surface area (TPSA) is 183 Å². The number of carbonyl (C=O) groups is 2. The van der Waals surface area contributed by atoms with E-state index in [1.165, 1.54) is 22.9 Å². The molecular weight excluding hydrogens is 598 g/mol. The van der Waals surface area contributed by atoms with Crippen molar-refractivity contribution in [2.75, 3.05) is 37.7 Å². The van der Waals surface area contributed by atoms with Gasteiger partial charge in [0.15, 0.2) is 15.8 Å². The zero-order valence-corrected chi connectivity index (χ0v) is 23.5. The molecule has 3 aromatic heterocycles. The van der Waals surface area contributed by atoms with Crippen LogP contribution in [0.3, 0.4) is 0 Å². The summed E-state index contributed by atoms with van der Waals surface area (Å²) in [5.41, 5.74) is -1.36. The van der Waals surface area contributed by atoms with Crippen LogP contribution in [-0.4, -0.2) is 93.8 Å². The molecule has 2 aliphatic carbocycles. The van der Waals surface area contributed by atoms with Crippen LogP contribution in [0.15, 0.2) is 23.4 Å². The van der Waals surface area contributed by atoms with E-state index in [0.29, 0.717) is 61.3 Å². The lowest BCUT2D eigenvalue weighted by atomic mass is 10.2. The van der Waals surface area contributed by atoms with E-state index in [1.807, 2.05) is 11.0 Å². The number of halogens is 2. The number of fused-ring (bicyclic) bond motifs is 1. The third kappa shape index (κ3) is 5.17. The number of piperazine rings is 1. The molecule has 6 rings (SSSR count). The van der Waals surface area contributed by atoms with E-state index in [0.717, 1.165) is 0 Å². The Hall–Kier alpha value is -3.79. The minimum absolute atomic E-state index is 0.0703. The molecule has 1 aliphatic heterocycles. The van der Waals surface area contributed by atoms with Crippen LogP contribution in [0.4, 0.5) is 14.5 Å². The van der Waals surface area contributed by atoms with Crippen molar-refractivity contribution in [3.63, 3.8) is 0 Å². The SMILES string of the molecule is N#CC1(NS(=O)(=O)c2cc(N3CCN(C(=O)C4(OCC(=O)O)CC4)CC3)c3cnc(-c4nnc(C(F)F)s4)n3c2)CC1. The Morgan fingerprint density at radius 2 is 1.90 bits per heavy atom. The monoisotopic (exact) mass is 622 g/mol. The van der Waals surface area contributed by atoms with E-state index in [2.05, 4.69) is 19.9 Å². The number of ether oxygens (including phenoxy) is 1. The van der Waals surface area contributed by atoms with E-state index in [1.54, 1.807) is 4.90 Å². The van der Waals surface area contributed by atoms with E-state index < -0.39 is 45.2 Å². The fourth-order valence-corrected chi connectivity index (χ4v) is 6.96. The molecule has 0 unspecified atom stereocenters. The van der Waals surface area contributed by atoms with Gasteiger partial charge in [0.25, 0.3) is 12.3 Å². The van der Waals surface area contributed by atoms with Gasteiger partial charge < -0.3 is 19.6 Å². The van der Waals surface area contributed by atoms with Crippen LogP contribution >= 0.6 is 11.3 Å². The number of imidazole rings is 1. The number of amides is 1. The number of carboxylic acid groups (broad SMARTS) is 1. The highest BCUT2D eigenvalue weighted by Gasteiger charge is 2.54. The Kier molecular flexibility index (Phi) is 6.87. The smallest absolute Gasteiger partial charge is 0.329 e. The van der Waals surface area contributed by atoms with Crippen LogP contribution in [0.5, 0.6) is 0 Å². The lowest BCUT2D eigenvalue weighted by Crippen LogP contribution is -2.53. The van der Waals surface area contributed by atoms with Crippen molar-refractivity contribution in [2.45, 2.75) is 48.1 Å². The molecule has 222 valence electrons. The minimum atomic E-state index is -4.18. The Balaban J connectivity index is 1.32. The summed E-state index contributed by atoms with van der Waals surface area (Å²) >= 11 is 0.639. The van der Waals surface area contributed by atoms with Crippen LogP contribution < -0.4 is 9.62 Å². The molecule has 3 aromatic rings. The van der Waals surface area contributed by atoms with Crippen LogP contribution in [0, 0.1) is 11.3 Å². The largest absolute Gasteiger partial charge is 0.480 e. The molecule has 0 atom stereocenters. The number of carboxylic acids is 1. The first-order valence-corrected chi connectivity index (χ1v) is 15.2. The maximum atomic E-state index is 13.4. The van der Waals surface area contributed by atoms with Crippen molar-refractivity contribution >= 4 is 44.4 Å². The molecule has 4 heterocycles. The Labute approximate surface area is 241 Å². The number of nitrogens with one attached hydrogen (secondary N) is 1. The van der Waals surface area contributed by atoms with Gasteiger partial charge >= 0.3 is 5.97 Å². The number of nitriles is 1. The first-order valence-electron chi connectivity index (χ1n) is 12.9. The zero-order chi connectivity index (χ0) is 29.9. The fourth-order valence-electron chi connectivity index (χ4n) is 4.88. The maximum absolute atomic E-state index is 13.4. The molecule has 0 radical (unpaired) electrons. The summed E-state index contributed by atoms with van der Waals surface area (Å²) in [4.78, 5) is 31.7. The molecule has 3 aliphatic rings. The summed E-state index contributed by atoms with van der Waals surface area (Å²) in [5.74, 6) is -1.32. The van der Waals surface area contributed by atoms with Crippen molar-refractivity contribution in [2.24, 2.45) is 0 Å². The van der Waals surface area contributed by atoms with Gasteiger partial charge in [-0.25, -0.2) is 27.0 Å². The number of hydrogen-bond donors (Lipinski definition) is 2. The average Bonchev–Trinajstić information content (AvgIpc) is 3.82. The van der Waals surface area contributed by atoms with Crippen molar-refractivity contribution in [3.05, 3.63) is 23.5 Å². The Bertz CT molecular complexity index is 1720. The normalized spacial score (nSPS) is 19.2. The molecule has 14 nitrogen and oxygen atoms in total. The number of hydrogen-bond acceptors (Lipinski definition) is 11. The second-order valence-corrected chi connectivity index (χ2v) is 13.1. The highest BCUT2D eigenvalue weighted by Crippen LogP contribution is 2.42. The number of sulfonamides is 1. The quantitative estimate of drug-likeness (QED) is 0.333. The zero-order valence-electron chi connectivity index (χ0n) is 21.9. The third-order valence-electron chi connectivity index (χ3n) is 7.49. The number of alkyl halides is 2. The molecule has 1 saturated heterocycles. The van der Waals surface area contributed by atoms with Gasteiger partial charge in [-0.2, -0.15) is 9.98 Å². The van der Waals surface area contributed by atoms with Gasteiger partial charge in [0.1, 0.15) is 22.6 Å². The standard InChI is InChI=1S/C24H24F2N8O6S2/c25-18(26)20-29-30-21(41-20)19-28-10-16-15(9-14(11-34(16)19)42(38,39)31-23(13-27)1-2-23)32-5-7-33(8-6-32)22(37)24(3-4-24)40-12-17(35)36/h9-11,18,31H,1-8,12H2,(H,35,36). The van der Waals surface area contributed by atoms with Gasteiger partial charge in [0, 0.05) is 32.4 Å². The molecular formula is C24H24F2N8O6S2.